The van der Waals surface area contributed by atoms with Crippen LogP contribution >= 0.6 is 15.9 Å². The molecule has 0 heterocycles. The third-order valence-electron chi connectivity index (χ3n) is 2.44. The number of nitrogens with one attached hydrogen (secondary N) is 1. The van der Waals surface area contributed by atoms with Crippen molar-refractivity contribution in [3.05, 3.63) is 32.5 Å². The standard InChI is InChI=1S/C11H14BrFN2O4/c1-18-6-7(19-2)5-14-10-3-8(12)9(13)4-11(10)15(16)17/h3-4,7,14H,5-6H2,1-2H3. The van der Waals surface area contributed by atoms with Crippen molar-refractivity contribution in [2.45, 2.75) is 6.10 Å². The molecule has 106 valence electrons. The van der Waals surface area contributed by atoms with Crippen LogP contribution in [0, 0.1) is 15.9 Å². The van der Waals surface area contributed by atoms with Gasteiger partial charge in [0.05, 0.1) is 28.2 Å². The van der Waals surface area contributed by atoms with E-state index < -0.39 is 10.7 Å². The number of benzene rings is 1. The second kappa shape index (κ2) is 7.37. The molecule has 1 N–H and O–H groups in total. The molecule has 1 aromatic rings. The van der Waals surface area contributed by atoms with E-state index in [9.17, 15) is 14.5 Å². The molecule has 1 unspecified atom stereocenters. The van der Waals surface area contributed by atoms with Gasteiger partial charge in [0.25, 0.3) is 5.69 Å². The van der Waals surface area contributed by atoms with Crippen molar-refractivity contribution < 1.29 is 18.8 Å². The number of hydrogen-bond donors (Lipinski definition) is 1. The predicted molar refractivity (Wildman–Crippen MR) is 71.9 cm³/mol. The lowest BCUT2D eigenvalue weighted by molar-refractivity contribution is -0.384. The van der Waals surface area contributed by atoms with Crippen LogP contribution in [0.3, 0.4) is 0 Å². The monoisotopic (exact) mass is 336 g/mol. The van der Waals surface area contributed by atoms with Crippen molar-refractivity contribution in [2.24, 2.45) is 0 Å². The lowest BCUT2D eigenvalue weighted by atomic mass is 10.2. The van der Waals surface area contributed by atoms with Crippen LogP contribution in [-0.4, -0.2) is 38.4 Å². The summed E-state index contributed by atoms with van der Waals surface area (Å²) in [4.78, 5) is 10.2. The number of ether oxygens (including phenoxy) is 2. The van der Waals surface area contributed by atoms with Crippen LogP contribution in [0.25, 0.3) is 0 Å². The first-order valence-corrected chi connectivity index (χ1v) is 6.18. The van der Waals surface area contributed by atoms with E-state index in [0.717, 1.165) is 6.07 Å². The zero-order valence-corrected chi connectivity index (χ0v) is 12.1. The van der Waals surface area contributed by atoms with Gasteiger partial charge in [-0.2, -0.15) is 0 Å². The first-order chi connectivity index (χ1) is 8.99. The number of nitro benzene ring substituents is 1. The molecule has 0 amide bonds. The van der Waals surface area contributed by atoms with Gasteiger partial charge in [-0.05, 0) is 22.0 Å². The van der Waals surface area contributed by atoms with Crippen molar-refractivity contribution in [1.29, 1.82) is 0 Å². The Hall–Kier alpha value is -1.25. The van der Waals surface area contributed by atoms with E-state index in [1.165, 1.54) is 20.3 Å². The van der Waals surface area contributed by atoms with E-state index in [1.54, 1.807) is 0 Å². The van der Waals surface area contributed by atoms with E-state index in [2.05, 4.69) is 21.2 Å². The summed E-state index contributed by atoms with van der Waals surface area (Å²) in [7, 11) is 3.04. The maximum absolute atomic E-state index is 13.3. The van der Waals surface area contributed by atoms with Crippen molar-refractivity contribution in [2.75, 3.05) is 32.7 Å². The number of methoxy groups -OCH3 is 2. The van der Waals surface area contributed by atoms with Gasteiger partial charge in [0.2, 0.25) is 0 Å². The Balaban J connectivity index is 2.87. The quantitative estimate of drug-likeness (QED) is 0.611. The molecule has 6 nitrogen and oxygen atoms in total. The Morgan fingerprint density at radius 2 is 2.21 bits per heavy atom. The third kappa shape index (κ3) is 4.41. The summed E-state index contributed by atoms with van der Waals surface area (Å²) in [6.45, 7) is 0.656. The fourth-order valence-corrected chi connectivity index (χ4v) is 1.79. The van der Waals surface area contributed by atoms with Crippen LogP contribution in [0.1, 0.15) is 0 Å². The summed E-state index contributed by atoms with van der Waals surface area (Å²) in [6.07, 6.45) is -0.256. The molecule has 19 heavy (non-hydrogen) atoms. The van der Waals surface area contributed by atoms with Crippen LogP contribution in [0.4, 0.5) is 15.8 Å². The minimum Gasteiger partial charge on any atom is -0.382 e. The molecule has 0 aliphatic heterocycles. The minimum atomic E-state index is -0.683. The number of anilines is 1. The Morgan fingerprint density at radius 1 is 1.53 bits per heavy atom. The molecule has 0 radical (unpaired) electrons. The molecule has 0 aromatic heterocycles. The maximum Gasteiger partial charge on any atom is 0.295 e. The van der Waals surface area contributed by atoms with Crippen molar-refractivity contribution in [3.8, 4) is 0 Å². The molecular formula is C11H14BrFN2O4. The van der Waals surface area contributed by atoms with E-state index >= 15 is 0 Å². The molecule has 0 bridgehead atoms. The molecule has 1 atom stereocenters. The number of nitrogens with zero attached hydrogens (tertiary/aromatic N) is 1. The number of hydrogen-bond acceptors (Lipinski definition) is 5. The van der Waals surface area contributed by atoms with Crippen LogP contribution in [0.5, 0.6) is 0 Å². The molecule has 0 aliphatic carbocycles. The van der Waals surface area contributed by atoms with Gasteiger partial charge in [0, 0.05) is 20.8 Å². The second-order valence-electron chi connectivity index (χ2n) is 3.73. The summed E-state index contributed by atoms with van der Waals surface area (Å²) in [5, 5.41) is 13.7. The highest BCUT2D eigenvalue weighted by molar-refractivity contribution is 9.10. The van der Waals surface area contributed by atoms with Crippen LogP contribution in [0.15, 0.2) is 16.6 Å². The summed E-state index contributed by atoms with van der Waals surface area (Å²) < 4.78 is 23.5. The van der Waals surface area contributed by atoms with E-state index in [1.807, 2.05) is 0 Å². The topological polar surface area (TPSA) is 73.6 Å². The Bertz CT molecular complexity index is 459. The van der Waals surface area contributed by atoms with Crippen LogP contribution in [-0.2, 0) is 9.47 Å². The lowest BCUT2D eigenvalue weighted by Crippen LogP contribution is -2.26. The van der Waals surface area contributed by atoms with Crippen molar-refractivity contribution >= 4 is 27.3 Å². The smallest absolute Gasteiger partial charge is 0.295 e. The highest BCUT2D eigenvalue weighted by atomic mass is 79.9. The molecule has 1 rings (SSSR count). The van der Waals surface area contributed by atoms with E-state index in [4.69, 9.17) is 9.47 Å². The Kier molecular flexibility index (Phi) is 6.13. The van der Waals surface area contributed by atoms with Gasteiger partial charge in [-0.25, -0.2) is 4.39 Å². The van der Waals surface area contributed by atoms with Gasteiger partial charge in [0.1, 0.15) is 11.5 Å². The molecule has 0 fully saturated rings. The van der Waals surface area contributed by atoms with Crippen molar-refractivity contribution in [3.63, 3.8) is 0 Å². The van der Waals surface area contributed by atoms with Crippen LogP contribution < -0.4 is 5.32 Å². The van der Waals surface area contributed by atoms with Crippen molar-refractivity contribution in [1.82, 2.24) is 0 Å². The molecule has 0 saturated carbocycles. The summed E-state index contributed by atoms with van der Waals surface area (Å²) in [6, 6.07) is 2.19. The van der Waals surface area contributed by atoms with Gasteiger partial charge in [0.15, 0.2) is 0 Å². The fourth-order valence-electron chi connectivity index (χ4n) is 1.45. The second-order valence-corrected chi connectivity index (χ2v) is 4.59. The van der Waals surface area contributed by atoms with Gasteiger partial charge in [-0.15, -0.1) is 0 Å². The highest BCUT2D eigenvalue weighted by Gasteiger charge is 2.18. The Labute approximate surface area is 118 Å². The largest absolute Gasteiger partial charge is 0.382 e. The maximum atomic E-state index is 13.3. The molecule has 8 heteroatoms. The molecule has 0 saturated heterocycles. The normalized spacial score (nSPS) is 12.2. The van der Waals surface area contributed by atoms with E-state index in [0.29, 0.717) is 13.2 Å². The fraction of sp³-hybridized carbons (Fsp3) is 0.455. The highest BCUT2D eigenvalue weighted by Crippen LogP contribution is 2.30. The third-order valence-corrected chi connectivity index (χ3v) is 3.05. The zero-order valence-electron chi connectivity index (χ0n) is 10.5. The number of rotatable bonds is 7. The minimum absolute atomic E-state index is 0.154. The lowest BCUT2D eigenvalue weighted by Gasteiger charge is -2.16. The van der Waals surface area contributed by atoms with Gasteiger partial charge < -0.3 is 14.8 Å². The predicted octanol–water partition coefficient (Wildman–Crippen LogP) is 2.57. The SMILES string of the molecule is COCC(CNc1cc(Br)c(F)cc1[N+](=O)[O-])OC. The molecule has 0 spiro atoms. The van der Waals surface area contributed by atoms with Crippen LogP contribution in [0.2, 0.25) is 0 Å². The average Bonchev–Trinajstić information content (AvgIpc) is 2.37. The zero-order chi connectivity index (χ0) is 14.4. The first kappa shape index (κ1) is 15.8. The number of halogens is 2. The van der Waals surface area contributed by atoms with Gasteiger partial charge in [-0.3, -0.25) is 10.1 Å². The molecule has 1 aromatic carbocycles. The first-order valence-electron chi connectivity index (χ1n) is 5.38. The average molecular weight is 337 g/mol. The Morgan fingerprint density at radius 3 is 2.74 bits per heavy atom. The van der Waals surface area contributed by atoms with Gasteiger partial charge in [-0.1, -0.05) is 0 Å². The molecular weight excluding hydrogens is 323 g/mol. The summed E-state index contributed by atoms with van der Waals surface area (Å²) in [5.74, 6) is -0.683. The summed E-state index contributed by atoms with van der Waals surface area (Å²) in [5.41, 5.74) is -0.107. The summed E-state index contributed by atoms with van der Waals surface area (Å²) >= 11 is 2.99. The molecule has 0 aliphatic rings. The van der Waals surface area contributed by atoms with E-state index in [-0.39, 0.29) is 22.0 Å². The number of nitro groups is 1. The van der Waals surface area contributed by atoms with Gasteiger partial charge >= 0.3 is 0 Å².